The van der Waals surface area contributed by atoms with Crippen LogP contribution < -0.4 is 0 Å². The number of aromatic nitrogens is 2. The van der Waals surface area contributed by atoms with Crippen molar-refractivity contribution in [2.45, 2.75) is 19.9 Å². The molecular weight excluding hydrogens is 274 g/mol. The summed E-state index contributed by atoms with van der Waals surface area (Å²) in [4.78, 5) is 13.9. The first-order valence-electron chi connectivity index (χ1n) is 7.58. The molecule has 0 aliphatic carbocycles. The van der Waals surface area contributed by atoms with Crippen LogP contribution in [-0.4, -0.2) is 28.5 Å². The van der Waals surface area contributed by atoms with Crippen LogP contribution in [0.5, 0.6) is 0 Å². The molecule has 4 nitrogen and oxygen atoms in total. The Balaban J connectivity index is 1.87. The number of hydrogen-bond donors (Lipinski definition) is 0. The average molecular weight is 291 g/mol. The van der Waals surface area contributed by atoms with Crippen LogP contribution in [-0.2, 0) is 4.74 Å². The summed E-state index contributed by atoms with van der Waals surface area (Å²) in [6.45, 7) is 4.96. The number of hydrogen-bond acceptors (Lipinski definition) is 4. The lowest BCUT2D eigenvalue weighted by Crippen LogP contribution is -2.13. The van der Waals surface area contributed by atoms with E-state index in [1.807, 2.05) is 12.1 Å². The zero-order valence-electron chi connectivity index (χ0n) is 12.7. The van der Waals surface area contributed by atoms with E-state index in [0.29, 0.717) is 18.4 Å². The van der Waals surface area contributed by atoms with E-state index in [-0.39, 0.29) is 6.04 Å². The second-order valence-electron chi connectivity index (χ2n) is 5.97. The third kappa shape index (κ3) is 2.11. The van der Waals surface area contributed by atoms with Crippen molar-refractivity contribution in [1.29, 1.82) is 0 Å². The highest BCUT2D eigenvalue weighted by Gasteiger charge is 2.23. The molecule has 3 aromatic rings. The van der Waals surface area contributed by atoms with Crippen LogP contribution in [0.3, 0.4) is 0 Å². The number of benzene rings is 1. The van der Waals surface area contributed by atoms with Gasteiger partial charge in [-0.25, -0.2) is 9.98 Å². The number of pyridine rings is 2. The maximum atomic E-state index is 5.74. The summed E-state index contributed by atoms with van der Waals surface area (Å²) in [7, 11) is 0. The van der Waals surface area contributed by atoms with Gasteiger partial charge in [-0.15, -0.1) is 0 Å². The van der Waals surface area contributed by atoms with Crippen molar-refractivity contribution >= 4 is 27.7 Å². The molecule has 1 aliphatic heterocycles. The Morgan fingerprint density at radius 3 is 2.59 bits per heavy atom. The van der Waals surface area contributed by atoms with Crippen molar-refractivity contribution in [3.8, 4) is 0 Å². The molecule has 4 rings (SSSR count). The number of rotatable bonds is 2. The van der Waals surface area contributed by atoms with Gasteiger partial charge in [0.2, 0.25) is 5.90 Å². The molecule has 1 aliphatic rings. The van der Waals surface area contributed by atoms with Gasteiger partial charge >= 0.3 is 0 Å². The maximum absolute atomic E-state index is 5.74. The summed E-state index contributed by atoms with van der Waals surface area (Å²) in [5.74, 6) is 1.12. The van der Waals surface area contributed by atoms with Crippen LogP contribution >= 0.6 is 0 Å². The predicted molar refractivity (Wildman–Crippen MR) is 88.2 cm³/mol. The van der Waals surface area contributed by atoms with Crippen LogP contribution in [0, 0.1) is 5.92 Å². The lowest BCUT2D eigenvalue weighted by atomic mass is 10.1. The van der Waals surface area contributed by atoms with Gasteiger partial charge in [0.05, 0.1) is 17.1 Å². The molecule has 0 saturated carbocycles. The first kappa shape index (κ1) is 13.2. The SMILES string of the molecule is CC(C)[C@@H]1COC(c2ccc3ccc4cccnc4c3n2)=N1. The normalized spacial score (nSPS) is 18.0. The lowest BCUT2D eigenvalue weighted by molar-refractivity contribution is 0.291. The average Bonchev–Trinajstić information content (AvgIpc) is 3.04. The van der Waals surface area contributed by atoms with Gasteiger partial charge in [-0.1, -0.05) is 38.1 Å². The molecule has 0 unspecified atom stereocenters. The summed E-state index contributed by atoms with van der Waals surface area (Å²) < 4.78 is 5.74. The van der Waals surface area contributed by atoms with Crippen molar-refractivity contribution in [3.05, 3.63) is 48.3 Å². The molecule has 0 spiro atoms. The highest BCUT2D eigenvalue weighted by Crippen LogP contribution is 2.23. The van der Waals surface area contributed by atoms with Crippen molar-refractivity contribution in [1.82, 2.24) is 9.97 Å². The lowest BCUT2D eigenvalue weighted by Gasteiger charge is -2.06. The zero-order chi connectivity index (χ0) is 15.1. The summed E-state index contributed by atoms with van der Waals surface area (Å²) >= 11 is 0. The van der Waals surface area contributed by atoms with Crippen LogP contribution in [0.25, 0.3) is 21.8 Å². The fourth-order valence-corrected chi connectivity index (χ4v) is 2.71. The van der Waals surface area contributed by atoms with Gasteiger partial charge in [-0.2, -0.15) is 0 Å². The number of aliphatic imine (C=N–C) groups is 1. The first-order chi connectivity index (χ1) is 10.7. The molecule has 0 amide bonds. The van der Waals surface area contributed by atoms with E-state index in [4.69, 9.17) is 9.72 Å². The topological polar surface area (TPSA) is 47.4 Å². The summed E-state index contributed by atoms with van der Waals surface area (Å²) in [5, 5.41) is 2.17. The molecule has 0 saturated heterocycles. The van der Waals surface area contributed by atoms with Gasteiger partial charge in [-0.05, 0) is 18.1 Å². The minimum atomic E-state index is 0.220. The molecule has 0 bridgehead atoms. The molecule has 2 aromatic heterocycles. The Kier molecular flexibility index (Phi) is 3.03. The molecule has 22 heavy (non-hydrogen) atoms. The Labute approximate surface area is 128 Å². The molecule has 0 radical (unpaired) electrons. The van der Waals surface area contributed by atoms with Crippen LogP contribution in [0.15, 0.2) is 47.6 Å². The molecule has 110 valence electrons. The van der Waals surface area contributed by atoms with E-state index in [2.05, 4.69) is 48.1 Å². The van der Waals surface area contributed by atoms with Gasteiger partial charge in [0.25, 0.3) is 0 Å². The molecule has 4 heteroatoms. The standard InChI is InChI=1S/C18H17N3O/c1-11(2)15-10-22-18(21-15)14-8-7-13-6-5-12-4-3-9-19-16(12)17(13)20-14/h3-9,11,15H,10H2,1-2H3/t15-/m0/s1. The molecule has 1 aromatic carbocycles. The smallest absolute Gasteiger partial charge is 0.235 e. The fraction of sp³-hybridized carbons (Fsp3) is 0.278. The van der Waals surface area contributed by atoms with E-state index in [1.165, 1.54) is 0 Å². The Hall–Kier alpha value is -2.49. The van der Waals surface area contributed by atoms with Crippen LogP contribution in [0.4, 0.5) is 0 Å². The van der Waals surface area contributed by atoms with Crippen LogP contribution in [0.1, 0.15) is 19.5 Å². The largest absolute Gasteiger partial charge is 0.474 e. The van der Waals surface area contributed by atoms with Gasteiger partial charge in [-0.3, -0.25) is 4.98 Å². The molecular formula is C18H17N3O. The highest BCUT2D eigenvalue weighted by atomic mass is 16.5. The number of fused-ring (bicyclic) bond motifs is 3. The van der Waals surface area contributed by atoms with E-state index >= 15 is 0 Å². The summed E-state index contributed by atoms with van der Waals surface area (Å²) in [5.41, 5.74) is 2.60. The first-order valence-corrected chi connectivity index (χ1v) is 7.58. The van der Waals surface area contributed by atoms with E-state index in [1.54, 1.807) is 6.20 Å². The Morgan fingerprint density at radius 2 is 1.82 bits per heavy atom. The van der Waals surface area contributed by atoms with E-state index < -0.39 is 0 Å². The highest BCUT2D eigenvalue weighted by molar-refractivity contribution is 6.04. The molecule has 0 N–H and O–H groups in total. The Morgan fingerprint density at radius 1 is 1.05 bits per heavy atom. The third-order valence-corrected chi connectivity index (χ3v) is 4.09. The summed E-state index contributed by atoms with van der Waals surface area (Å²) in [6.07, 6.45) is 1.80. The zero-order valence-corrected chi connectivity index (χ0v) is 12.7. The van der Waals surface area contributed by atoms with E-state index in [9.17, 15) is 0 Å². The molecule has 1 atom stereocenters. The van der Waals surface area contributed by atoms with Gasteiger partial charge in [0, 0.05) is 17.0 Å². The van der Waals surface area contributed by atoms with Gasteiger partial charge < -0.3 is 4.74 Å². The van der Waals surface area contributed by atoms with Crippen molar-refractivity contribution in [2.75, 3.05) is 6.61 Å². The van der Waals surface area contributed by atoms with Gasteiger partial charge in [0.1, 0.15) is 12.3 Å². The minimum Gasteiger partial charge on any atom is -0.474 e. The van der Waals surface area contributed by atoms with E-state index in [0.717, 1.165) is 27.5 Å². The monoisotopic (exact) mass is 291 g/mol. The van der Waals surface area contributed by atoms with Crippen molar-refractivity contribution in [3.63, 3.8) is 0 Å². The minimum absolute atomic E-state index is 0.220. The van der Waals surface area contributed by atoms with Crippen molar-refractivity contribution < 1.29 is 4.74 Å². The van der Waals surface area contributed by atoms with Crippen LogP contribution in [0.2, 0.25) is 0 Å². The second kappa shape index (κ2) is 5.05. The quantitative estimate of drug-likeness (QED) is 0.678. The predicted octanol–water partition coefficient (Wildman–Crippen LogP) is 3.58. The number of ether oxygens (including phenoxy) is 1. The molecule has 3 heterocycles. The molecule has 0 fully saturated rings. The van der Waals surface area contributed by atoms with Crippen molar-refractivity contribution in [2.24, 2.45) is 10.9 Å². The third-order valence-electron chi connectivity index (χ3n) is 4.09. The second-order valence-corrected chi connectivity index (χ2v) is 5.97. The Bertz CT molecular complexity index is 886. The fourth-order valence-electron chi connectivity index (χ4n) is 2.71. The summed E-state index contributed by atoms with van der Waals surface area (Å²) in [6, 6.07) is 12.4. The van der Waals surface area contributed by atoms with Gasteiger partial charge in [0.15, 0.2) is 0 Å². The number of nitrogens with zero attached hydrogens (tertiary/aromatic N) is 3. The maximum Gasteiger partial charge on any atom is 0.235 e.